The van der Waals surface area contributed by atoms with Crippen LogP contribution in [0.5, 0.6) is 11.5 Å². The molecule has 0 atom stereocenters. The zero-order chi connectivity index (χ0) is 22.5. The van der Waals surface area contributed by atoms with E-state index in [0.717, 1.165) is 27.8 Å². The van der Waals surface area contributed by atoms with E-state index in [1.54, 1.807) is 30.3 Å². The van der Waals surface area contributed by atoms with Gasteiger partial charge in [0.2, 0.25) is 5.91 Å². The summed E-state index contributed by atoms with van der Waals surface area (Å²) < 4.78 is 11.0. The summed E-state index contributed by atoms with van der Waals surface area (Å²) in [5, 5.41) is 2.27. The molecule has 0 radical (unpaired) electrons. The van der Waals surface area contributed by atoms with Crippen molar-refractivity contribution < 1.29 is 23.9 Å². The lowest BCUT2D eigenvalue weighted by Gasteiger charge is -2.14. The van der Waals surface area contributed by atoms with Crippen LogP contribution in [0.3, 0.4) is 0 Å². The fourth-order valence-corrected chi connectivity index (χ4v) is 4.00. The third-order valence-corrected chi connectivity index (χ3v) is 5.54. The molecule has 0 saturated carbocycles. The number of ether oxygens (including phenoxy) is 2. The van der Waals surface area contributed by atoms with Gasteiger partial charge in [-0.05, 0) is 56.3 Å². The van der Waals surface area contributed by atoms with Crippen LogP contribution in [0.15, 0.2) is 41.3 Å². The highest BCUT2D eigenvalue weighted by Gasteiger charge is 2.36. The maximum absolute atomic E-state index is 12.8. The van der Waals surface area contributed by atoms with E-state index in [0.29, 0.717) is 29.4 Å². The Morgan fingerprint density at radius 1 is 1.19 bits per heavy atom. The van der Waals surface area contributed by atoms with Gasteiger partial charge in [0, 0.05) is 11.3 Å². The van der Waals surface area contributed by atoms with Crippen molar-refractivity contribution >= 4 is 40.6 Å². The van der Waals surface area contributed by atoms with Gasteiger partial charge in [-0.15, -0.1) is 0 Å². The van der Waals surface area contributed by atoms with Crippen molar-refractivity contribution in [1.29, 1.82) is 0 Å². The Kier molecular flexibility index (Phi) is 7.02. The number of benzene rings is 2. The molecule has 8 heteroatoms. The van der Waals surface area contributed by atoms with Crippen molar-refractivity contribution in [3.63, 3.8) is 0 Å². The Morgan fingerprint density at radius 2 is 1.97 bits per heavy atom. The van der Waals surface area contributed by atoms with E-state index in [1.807, 2.05) is 32.9 Å². The van der Waals surface area contributed by atoms with Gasteiger partial charge in [-0.1, -0.05) is 29.8 Å². The van der Waals surface area contributed by atoms with Gasteiger partial charge in [-0.2, -0.15) is 0 Å². The van der Waals surface area contributed by atoms with Crippen molar-refractivity contribution in [1.82, 2.24) is 4.90 Å². The molecule has 31 heavy (non-hydrogen) atoms. The predicted molar refractivity (Wildman–Crippen MR) is 121 cm³/mol. The summed E-state index contributed by atoms with van der Waals surface area (Å²) in [6.07, 6.45) is 1.58. The Bertz CT molecular complexity index is 1060. The Morgan fingerprint density at radius 3 is 2.65 bits per heavy atom. The lowest BCUT2D eigenvalue weighted by molar-refractivity contribution is -0.127. The third kappa shape index (κ3) is 5.08. The Hall–Kier alpha value is -3.26. The first-order chi connectivity index (χ1) is 14.8. The van der Waals surface area contributed by atoms with Gasteiger partial charge in [-0.25, -0.2) is 0 Å². The molecule has 0 bridgehead atoms. The highest BCUT2D eigenvalue weighted by molar-refractivity contribution is 8.18. The SMILES string of the molecule is CCOc1c(/C=C2/SC(=O)N(CC(=O)Nc3ccc(C)cc3C)C2=O)cccc1OC. The first-order valence-corrected chi connectivity index (χ1v) is 10.6. The summed E-state index contributed by atoms with van der Waals surface area (Å²) in [4.78, 5) is 38.8. The van der Waals surface area contributed by atoms with Crippen molar-refractivity contribution in [2.24, 2.45) is 0 Å². The number of hydrogen-bond donors (Lipinski definition) is 1. The van der Waals surface area contributed by atoms with Gasteiger partial charge in [0.05, 0.1) is 18.6 Å². The van der Waals surface area contributed by atoms with E-state index in [4.69, 9.17) is 9.47 Å². The van der Waals surface area contributed by atoms with Crippen molar-refractivity contribution in [2.45, 2.75) is 20.8 Å². The van der Waals surface area contributed by atoms with Gasteiger partial charge in [0.25, 0.3) is 11.1 Å². The summed E-state index contributed by atoms with van der Waals surface area (Å²) in [5.41, 5.74) is 3.25. The number of carbonyl (C=O) groups excluding carboxylic acids is 3. The summed E-state index contributed by atoms with van der Waals surface area (Å²) in [7, 11) is 1.53. The first kappa shape index (κ1) is 22.4. The van der Waals surface area contributed by atoms with E-state index < -0.39 is 17.1 Å². The van der Waals surface area contributed by atoms with Crippen LogP contribution < -0.4 is 14.8 Å². The monoisotopic (exact) mass is 440 g/mol. The fraction of sp³-hybridized carbons (Fsp3) is 0.261. The maximum atomic E-state index is 12.8. The summed E-state index contributed by atoms with van der Waals surface area (Å²) in [6.45, 7) is 5.76. The molecule has 1 saturated heterocycles. The molecular weight excluding hydrogens is 416 g/mol. The lowest BCUT2D eigenvalue weighted by atomic mass is 10.1. The van der Waals surface area contributed by atoms with Crippen LogP contribution in [0.25, 0.3) is 6.08 Å². The number of nitrogens with zero attached hydrogens (tertiary/aromatic N) is 1. The smallest absolute Gasteiger partial charge is 0.294 e. The molecule has 1 N–H and O–H groups in total. The van der Waals surface area contributed by atoms with Crippen LogP contribution in [0.1, 0.15) is 23.6 Å². The Labute approximate surface area is 185 Å². The van der Waals surface area contributed by atoms with E-state index in [2.05, 4.69) is 5.32 Å². The van der Waals surface area contributed by atoms with Gasteiger partial charge in [0.1, 0.15) is 6.54 Å². The van der Waals surface area contributed by atoms with Crippen LogP contribution in [-0.4, -0.2) is 42.2 Å². The number of nitrogens with one attached hydrogen (secondary N) is 1. The normalized spacial score (nSPS) is 14.8. The fourth-order valence-electron chi connectivity index (χ4n) is 3.17. The van der Waals surface area contributed by atoms with Crippen molar-refractivity contribution in [2.75, 3.05) is 25.6 Å². The zero-order valence-electron chi connectivity index (χ0n) is 17.9. The number of thioether (sulfide) groups is 1. The van der Waals surface area contributed by atoms with Crippen LogP contribution in [0.4, 0.5) is 10.5 Å². The molecule has 7 nitrogen and oxygen atoms in total. The highest BCUT2D eigenvalue weighted by Crippen LogP contribution is 2.37. The molecule has 0 spiro atoms. The standard InChI is InChI=1S/C23H24N2O5S/c1-5-30-21-16(7-6-8-18(21)29-4)12-19-22(27)25(23(28)31-19)13-20(26)24-17-10-9-14(2)11-15(17)3/h6-12H,5,13H2,1-4H3,(H,24,26)/b19-12+. The molecule has 3 amide bonds. The zero-order valence-corrected chi connectivity index (χ0v) is 18.7. The molecule has 0 aromatic heterocycles. The summed E-state index contributed by atoms with van der Waals surface area (Å²) >= 11 is 0.792. The topological polar surface area (TPSA) is 84.9 Å². The summed E-state index contributed by atoms with van der Waals surface area (Å²) in [5.74, 6) is 0.0671. The van der Waals surface area contributed by atoms with Crippen LogP contribution in [0, 0.1) is 13.8 Å². The minimum Gasteiger partial charge on any atom is -0.493 e. The van der Waals surface area contributed by atoms with E-state index >= 15 is 0 Å². The highest BCUT2D eigenvalue weighted by atomic mass is 32.2. The number of rotatable bonds is 7. The second-order valence-electron chi connectivity index (χ2n) is 6.95. The average molecular weight is 441 g/mol. The molecule has 1 fully saturated rings. The number of aryl methyl sites for hydroxylation is 2. The second-order valence-corrected chi connectivity index (χ2v) is 7.94. The van der Waals surface area contributed by atoms with Crippen LogP contribution >= 0.6 is 11.8 Å². The van der Waals surface area contributed by atoms with E-state index in [1.165, 1.54) is 7.11 Å². The predicted octanol–water partition coefficient (Wildman–Crippen LogP) is 4.39. The number of hydrogen-bond acceptors (Lipinski definition) is 6. The molecule has 2 aromatic rings. The van der Waals surface area contributed by atoms with Crippen LogP contribution in [0.2, 0.25) is 0 Å². The number of carbonyl (C=O) groups is 3. The largest absolute Gasteiger partial charge is 0.493 e. The van der Waals surface area contributed by atoms with Gasteiger partial charge >= 0.3 is 0 Å². The van der Waals surface area contributed by atoms with Crippen molar-refractivity contribution in [3.8, 4) is 11.5 Å². The molecule has 1 heterocycles. The third-order valence-electron chi connectivity index (χ3n) is 4.64. The number of methoxy groups -OCH3 is 1. The number of imide groups is 1. The molecule has 0 aliphatic carbocycles. The maximum Gasteiger partial charge on any atom is 0.294 e. The molecule has 162 valence electrons. The molecule has 0 unspecified atom stereocenters. The van der Waals surface area contributed by atoms with Gasteiger partial charge < -0.3 is 14.8 Å². The molecule has 2 aromatic carbocycles. The number of amides is 3. The summed E-state index contributed by atoms with van der Waals surface area (Å²) in [6, 6.07) is 10.9. The lowest BCUT2D eigenvalue weighted by Crippen LogP contribution is -2.36. The minimum atomic E-state index is -0.518. The minimum absolute atomic E-state index is 0.221. The van der Waals surface area contributed by atoms with E-state index in [-0.39, 0.29) is 11.4 Å². The van der Waals surface area contributed by atoms with Crippen LogP contribution in [-0.2, 0) is 9.59 Å². The Balaban J connectivity index is 1.77. The number of para-hydroxylation sites is 1. The first-order valence-electron chi connectivity index (χ1n) is 9.76. The van der Waals surface area contributed by atoms with Crippen molar-refractivity contribution in [3.05, 3.63) is 58.0 Å². The van der Waals surface area contributed by atoms with Gasteiger partial charge in [0.15, 0.2) is 11.5 Å². The number of anilines is 1. The average Bonchev–Trinajstić information content (AvgIpc) is 2.99. The molecular formula is C23H24N2O5S. The quantitative estimate of drug-likeness (QED) is 0.643. The second kappa shape index (κ2) is 9.70. The van der Waals surface area contributed by atoms with Gasteiger partial charge in [-0.3, -0.25) is 19.3 Å². The molecule has 1 aliphatic rings. The molecule has 3 rings (SSSR count). The molecule has 1 aliphatic heterocycles. The van der Waals surface area contributed by atoms with E-state index in [9.17, 15) is 14.4 Å².